The first kappa shape index (κ1) is 21.8. The zero-order valence-corrected chi connectivity index (χ0v) is 18.5. The van der Waals surface area contributed by atoms with E-state index in [2.05, 4.69) is 22.4 Å². The van der Waals surface area contributed by atoms with E-state index in [0.717, 1.165) is 22.3 Å². The average Bonchev–Trinajstić information content (AvgIpc) is 3.29. The summed E-state index contributed by atoms with van der Waals surface area (Å²) in [7, 11) is 1.68. The number of aryl methyl sites for hydroxylation is 1. The van der Waals surface area contributed by atoms with E-state index in [1.807, 2.05) is 59.5 Å². The molecule has 0 saturated carbocycles. The maximum atomic E-state index is 13.1. The lowest BCUT2D eigenvalue weighted by Gasteiger charge is -2.28. The molecule has 1 aromatic heterocycles. The Morgan fingerprint density at radius 2 is 1.72 bits per heavy atom. The van der Waals surface area contributed by atoms with E-state index in [4.69, 9.17) is 0 Å². The Bertz CT molecular complexity index is 1070. The van der Waals surface area contributed by atoms with Crippen molar-refractivity contribution in [3.8, 4) is 11.1 Å². The predicted octanol–water partition coefficient (Wildman–Crippen LogP) is 3.89. The second-order valence-corrected chi connectivity index (χ2v) is 8.48. The molecule has 164 valence electrons. The number of rotatable bonds is 7. The Balaban J connectivity index is 1.52. The monoisotopic (exact) mass is 427 g/mol. The normalized spacial score (nSPS) is 17.8. The van der Waals surface area contributed by atoms with Gasteiger partial charge in [0.1, 0.15) is 0 Å². The molecule has 0 bridgehead atoms. The van der Waals surface area contributed by atoms with Gasteiger partial charge in [0.05, 0.1) is 5.41 Å². The molecule has 32 heavy (non-hydrogen) atoms. The summed E-state index contributed by atoms with van der Waals surface area (Å²) in [6.07, 6.45) is 5.99. The quantitative estimate of drug-likeness (QED) is 0.622. The van der Waals surface area contributed by atoms with Gasteiger partial charge in [-0.25, -0.2) is 0 Å². The summed E-state index contributed by atoms with van der Waals surface area (Å²) in [4.78, 5) is 32.0. The Morgan fingerprint density at radius 3 is 2.47 bits per heavy atom. The van der Waals surface area contributed by atoms with Gasteiger partial charge in [-0.05, 0) is 53.6 Å². The van der Waals surface area contributed by atoms with E-state index in [-0.39, 0.29) is 11.8 Å². The van der Waals surface area contributed by atoms with E-state index < -0.39 is 5.41 Å². The molecule has 4 rings (SSSR count). The fourth-order valence-electron chi connectivity index (χ4n) is 4.67. The topological polar surface area (TPSA) is 62.3 Å². The standard InChI is InChI=1S/C27H29N3O2/c1-28-26(32)27(19-23-9-5-6-10-24(23)22-13-16-29-17-14-22)15-18-30(20-27)25(31)12-11-21-7-3-2-4-8-21/h2-10,13-14,16-17H,11-12,15,18-20H2,1H3,(H,28,32)/t27-/m1/s1. The molecule has 1 fully saturated rings. The summed E-state index contributed by atoms with van der Waals surface area (Å²) in [5.41, 5.74) is 3.83. The SMILES string of the molecule is CNC(=O)[C@@]1(Cc2ccccc2-c2ccncc2)CCN(C(=O)CCc2ccccc2)C1. The summed E-state index contributed by atoms with van der Waals surface area (Å²) in [5, 5.41) is 2.86. The van der Waals surface area contributed by atoms with Crippen LogP contribution < -0.4 is 5.32 Å². The van der Waals surface area contributed by atoms with Gasteiger partial charge < -0.3 is 10.2 Å². The number of hydrogen-bond donors (Lipinski definition) is 1. The van der Waals surface area contributed by atoms with Crippen molar-refractivity contribution in [1.82, 2.24) is 15.2 Å². The third kappa shape index (κ3) is 4.72. The second-order valence-electron chi connectivity index (χ2n) is 8.48. The number of carbonyl (C=O) groups is 2. The molecule has 5 heteroatoms. The Hall–Kier alpha value is -3.47. The fraction of sp³-hybridized carbons (Fsp3) is 0.296. The minimum absolute atomic E-state index is 0.000362. The maximum Gasteiger partial charge on any atom is 0.228 e. The van der Waals surface area contributed by atoms with Crippen LogP contribution in [0.4, 0.5) is 0 Å². The molecule has 1 saturated heterocycles. The largest absolute Gasteiger partial charge is 0.359 e. The van der Waals surface area contributed by atoms with E-state index in [9.17, 15) is 9.59 Å². The Morgan fingerprint density at radius 1 is 1.00 bits per heavy atom. The van der Waals surface area contributed by atoms with E-state index in [1.54, 1.807) is 19.4 Å². The summed E-state index contributed by atoms with van der Waals surface area (Å²) >= 11 is 0. The maximum absolute atomic E-state index is 13.1. The van der Waals surface area contributed by atoms with Crippen molar-refractivity contribution in [2.45, 2.75) is 25.7 Å². The molecule has 0 unspecified atom stereocenters. The molecule has 2 heterocycles. The van der Waals surface area contributed by atoms with E-state index in [1.165, 1.54) is 0 Å². The third-order valence-electron chi connectivity index (χ3n) is 6.42. The molecule has 1 N–H and O–H groups in total. The average molecular weight is 428 g/mol. The fourth-order valence-corrected chi connectivity index (χ4v) is 4.67. The number of hydrogen-bond acceptors (Lipinski definition) is 3. The van der Waals surface area contributed by atoms with Gasteiger partial charge in [0, 0.05) is 39.0 Å². The smallest absolute Gasteiger partial charge is 0.228 e. The highest BCUT2D eigenvalue weighted by molar-refractivity contribution is 5.86. The number of aromatic nitrogens is 1. The first-order valence-corrected chi connectivity index (χ1v) is 11.1. The molecule has 0 radical (unpaired) electrons. The van der Waals surface area contributed by atoms with Crippen molar-refractivity contribution in [3.05, 3.63) is 90.3 Å². The van der Waals surface area contributed by atoms with Crippen molar-refractivity contribution in [1.29, 1.82) is 0 Å². The highest BCUT2D eigenvalue weighted by Gasteiger charge is 2.45. The number of amides is 2. The molecular weight excluding hydrogens is 398 g/mol. The van der Waals surface area contributed by atoms with Crippen molar-refractivity contribution in [2.75, 3.05) is 20.1 Å². The minimum atomic E-state index is -0.625. The molecule has 3 aromatic rings. The Labute approximate surface area is 189 Å². The number of benzene rings is 2. The predicted molar refractivity (Wildman–Crippen MR) is 126 cm³/mol. The Kier molecular flexibility index (Phi) is 6.64. The van der Waals surface area contributed by atoms with E-state index >= 15 is 0 Å². The first-order chi connectivity index (χ1) is 15.6. The molecular formula is C27H29N3O2. The highest BCUT2D eigenvalue weighted by atomic mass is 16.2. The molecule has 1 atom stereocenters. The van der Waals surface area contributed by atoms with Crippen molar-refractivity contribution >= 4 is 11.8 Å². The number of nitrogens with zero attached hydrogens (tertiary/aromatic N) is 2. The molecule has 1 aliphatic heterocycles. The van der Waals surface area contributed by atoms with Crippen molar-refractivity contribution < 1.29 is 9.59 Å². The van der Waals surface area contributed by atoms with Gasteiger partial charge in [0.2, 0.25) is 11.8 Å². The lowest BCUT2D eigenvalue weighted by atomic mass is 9.78. The molecule has 5 nitrogen and oxygen atoms in total. The number of likely N-dealkylation sites (tertiary alicyclic amines) is 1. The highest BCUT2D eigenvalue weighted by Crippen LogP contribution is 2.37. The van der Waals surface area contributed by atoms with Gasteiger partial charge >= 0.3 is 0 Å². The van der Waals surface area contributed by atoms with Gasteiger partial charge in [-0.3, -0.25) is 14.6 Å². The van der Waals surface area contributed by atoms with Crippen LogP contribution in [-0.4, -0.2) is 41.8 Å². The number of carbonyl (C=O) groups excluding carboxylic acids is 2. The molecule has 0 aliphatic carbocycles. The zero-order valence-electron chi connectivity index (χ0n) is 18.5. The van der Waals surface area contributed by atoms with Crippen LogP contribution in [0.25, 0.3) is 11.1 Å². The van der Waals surface area contributed by atoms with Crippen LogP contribution in [0.15, 0.2) is 79.1 Å². The molecule has 1 aliphatic rings. The summed E-state index contributed by atoms with van der Waals surface area (Å²) in [6, 6.07) is 22.2. The number of pyridine rings is 1. The molecule has 2 amide bonds. The van der Waals surface area contributed by atoms with Crippen LogP contribution in [-0.2, 0) is 22.4 Å². The van der Waals surface area contributed by atoms with Gasteiger partial charge in [0.25, 0.3) is 0 Å². The summed E-state index contributed by atoms with van der Waals surface area (Å²) < 4.78 is 0. The first-order valence-electron chi connectivity index (χ1n) is 11.1. The lowest BCUT2D eigenvalue weighted by molar-refractivity contribution is -0.133. The minimum Gasteiger partial charge on any atom is -0.359 e. The van der Waals surface area contributed by atoms with Crippen LogP contribution in [0, 0.1) is 5.41 Å². The van der Waals surface area contributed by atoms with Crippen LogP contribution in [0.1, 0.15) is 24.0 Å². The third-order valence-corrected chi connectivity index (χ3v) is 6.42. The summed E-state index contributed by atoms with van der Waals surface area (Å²) in [5.74, 6) is 0.113. The molecule has 0 spiro atoms. The van der Waals surface area contributed by atoms with Crippen molar-refractivity contribution in [2.24, 2.45) is 5.41 Å². The van der Waals surface area contributed by atoms with Crippen LogP contribution in [0.3, 0.4) is 0 Å². The van der Waals surface area contributed by atoms with Crippen LogP contribution in [0.2, 0.25) is 0 Å². The van der Waals surface area contributed by atoms with Gasteiger partial charge in [-0.2, -0.15) is 0 Å². The zero-order chi connectivity index (χ0) is 22.4. The van der Waals surface area contributed by atoms with Gasteiger partial charge in [-0.15, -0.1) is 0 Å². The van der Waals surface area contributed by atoms with Gasteiger partial charge in [-0.1, -0.05) is 54.6 Å². The van der Waals surface area contributed by atoms with Gasteiger partial charge in [0.15, 0.2) is 0 Å². The molecule has 2 aromatic carbocycles. The van der Waals surface area contributed by atoms with Crippen molar-refractivity contribution in [3.63, 3.8) is 0 Å². The van der Waals surface area contributed by atoms with Crippen LogP contribution >= 0.6 is 0 Å². The van der Waals surface area contributed by atoms with E-state index in [0.29, 0.717) is 38.8 Å². The van der Waals surface area contributed by atoms with Crippen LogP contribution in [0.5, 0.6) is 0 Å². The summed E-state index contributed by atoms with van der Waals surface area (Å²) in [6.45, 7) is 1.06. The number of nitrogens with one attached hydrogen (secondary N) is 1. The second kappa shape index (κ2) is 9.77. The lowest BCUT2D eigenvalue weighted by Crippen LogP contribution is -2.44.